The zero-order chi connectivity index (χ0) is 33.0. The van der Waals surface area contributed by atoms with Crippen molar-refractivity contribution in [1.82, 2.24) is 29.6 Å². The van der Waals surface area contributed by atoms with E-state index in [0.717, 1.165) is 39.5 Å². The summed E-state index contributed by atoms with van der Waals surface area (Å²) in [6.45, 7) is 2.02. The number of nitrogens with one attached hydrogen (secondary N) is 2. The van der Waals surface area contributed by atoms with Crippen molar-refractivity contribution in [2.45, 2.75) is 25.4 Å². The van der Waals surface area contributed by atoms with Crippen molar-refractivity contribution in [3.63, 3.8) is 0 Å². The van der Waals surface area contributed by atoms with Gasteiger partial charge in [-0.3, -0.25) is 24.7 Å². The van der Waals surface area contributed by atoms with Crippen LogP contribution >= 0.6 is 0 Å². The summed E-state index contributed by atoms with van der Waals surface area (Å²) in [5.41, 5.74) is 5.67. The maximum absolute atomic E-state index is 12.9. The Balaban J connectivity index is 0.852. The molecule has 5 aromatic rings. The van der Waals surface area contributed by atoms with Gasteiger partial charge in [0.15, 0.2) is 0 Å². The molecule has 1 atom stereocenters. The topological polar surface area (TPSA) is 149 Å². The Morgan fingerprint density at radius 1 is 0.917 bits per heavy atom. The minimum Gasteiger partial charge on any atom is -0.495 e. The third-order valence-electron chi connectivity index (χ3n) is 8.32. The monoisotopic (exact) mass is 647 g/mol. The molecule has 48 heavy (non-hydrogen) atoms. The average molecular weight is 648 g/mol. The number of hydrogen-bond acceptors (Lipinski definition) is 10. The maximum atomic E-state index is 12.9. The number of carbonyl (C=O) groups is 3. The molecule has 0 spiro atoms. The SMILES string of the molecule is COc1ccc2nc(-c3ccc(-c4ccnc(NCCOCCOc5ccc6c(c5)CN(C5CCC(=O)NC5=O)C6=O)c4)nc3)cn2c1. The van der Waals surface area contributed by atoms with Crippen LogP contribution in [-0.4, -0.2) is 81.5 Å². The first kappa shape index (κ1) is 30.8. The Kier molecular flexibility index (Phi) is 8.67. The number of imide groups is 1. The molecule has 1 unspecified atom stereocenters. The lowest BCUT2D eigenvalue weighted by Gasteiger charge is -2.29. The molecule has 2 aliphatic rings. The quantitative estimate of drug-likeness (QED) is 0.152. The Bertz CT molecular complexity index is 1990. The molecule has 13 heteroatoms. The number of benzene rings is 1. The van der Waals surface area contributed by atoms with Crippen LogP contribution in [0.15, 0.2) is 79.4 Å². The summed E-state index contributed by atoms with van der Waals surface area (Å²) in [5.74, 6) is 1.15. The summed E-state index contributed by atoms with van der Waals surface area (Å²) >= 11 is 0. The lowest BCUT2D eigenvalue weighted by Crippen LogP contribution is -2.52. The normalized spacial score (nSPS) is 15.8. The summed E-state index contributed by atoms with van der Waals surface area (Å²) in [5, 5.41) is 5.60. The smallest absolute Gasteiger partial charge is 0.255 e. The van der Waals surface area contributed by atoms with Crippen molar-refractivity contribution in [3.8, 4) is 34.0 Å². The highest BCUT2D eigenvalue weighted by Gasteiger charge is 2.39. The first-order valence-corrected chi connectivity index (χ1v) is 15.6. The number of aromatic nitrogens is 4. The summed E-state index contributed by atoms with van der Waals surface area (Å²) < 4.78 is 18.8. The van der Waals surface area contributed by atoms with E-state index in [1.54, 1.807) is 25.4 Å². The van der Waals surface area contributed by atoms with E-state index in [2.05, 4.69) is 25.6 Å². The molecule has 1 fully saturated rings. The summed E-state index contributed by atoms with van der Waals surface area (Å²) in [7, 11) is 1.64. The van der Waals surface area contributed by atoms with E-state index in [0.29, 0.717) is 56.5 Å². The van der Waals surface area contributed by atoms with Crippen LogP contribution in [0.3, 0.4) is 0 Å². The molecular weight excluding hydrogens is 614 g/mol. The molecule has 13 nitrogen and oxygen atoms in total. The number of anilines is 1. The van der Waals surface area contributed by atoms with Crippen LogP contribution < -0.4 is 20.1 Å². The van der Waals surface area contributed by atoms with Gasteiger partial charge in [-0.15, -0.1) is 0 Å². The van der Waals surface area contributed by atoms with Crippen LogP contribution in [0.5, 0.6) is 11.5 Å². The molecule has 7 rings (SSSR count). The largest absolute Gasteiger partial charge is 0.495 e. The second-order valence-electron chi connectivity index (χ2n) is 11.4. The number of fused-ring (bicyclic) bond motifs is 2. The number of pyridine rings is 3. The van der Waals surface area contributed by atoms with E-state index in [-0.39, 0.29) is 18.2 Å². The van der Waals surface area contributed by atoms with Gasteiger partial charge in [0.1, 0.15) is 35.6 Å². The molecule has 1 saturated heterocycles. The van der Waals surface area contributed by atoms with E-state index in [1.165, 1.54) is 4.90 Å². The van der Waals surface area contributed by atoms with Gasteiger partial charge in [-0.25, -0.2) is 9.97 Å². The van der Waals surface area contributed by atoms with Crippen LogP contribution in [0.1, 0.15) is 28.8 Å². The molecule has 1 aromatic carbocycles. The average Bonchev–Trinajstić information content (AvgIpc) is 3.68. The highest BCUT2D eigenvalue weighted by atomic mass is 16.5. The first-order chi connectivity index (χ1) is 23.4. The van der Waals surface area contributed by atoms with Crippen molar-refractivity contribution in [1.29, 1.82) is 0 Å². The standard InChI is InChI=1S/C35H33N7O6/c1-46-26-4-8-32-39-29(21-41(32)20-26)23-2-6-28(38-18-23)22-10-11-36-31(17-22)37-12-13-47-14-15-48-25-3-5-27-24(16-25)19-42(35(27)45)30-7-9-33(43)40-34(30)44/h2-6,8,10-11,16-18,20-21,30H,7,9,12-15,19H2,1H3,(H,36,37)(H,40,43,44). The number of nitrogens with zero attached hydrogens (tertiary/aromatic N) is 5. The molecule has 2 N–H and O–H groups in total. The highest BCUT2D eigenvalue weighted by Crippen LogP contribution is 2.30. The summed E-state index contributed by atoms with van der Waals surface area (Å²) in [4.78, 5) is 51.9. The third kappa shape index (κ3) is 6.53. The van der Waals surface area contributed by atoms with Gasteiger partial charge in [-0.1, -0.05) is 0 Å². The zero-order valence-electron chi connectivity index (χ0n) is 26.2. The lowest BCUT2D eigenvalue weighted by atomic mass is 10.0. The lowest BCUT2D eigenvalue weighted by molar-refractivity contribution is -0.136. The molecule has 2 aliphatic heterocycles. The van der Waals surface area contributed by atoms with Gasteiger partial charge < -0.3 is 28.8 Å². The van der Waals surface area contributed by atoms with Crippen LogP contribution in [0.2, 0.25) is 0 Å². The van der Waals surface area contributed by atoms with E-state index in [4.69, 9.17) is 14.2 Å². The van der Waals surface area contributed by atoms with Crippen LogP contribution in [-0.2, 0) is 20.9 Å². The predicted octanol–water partition coefficient (Wildman–Crippen LogP) is 3.74. The first-order valence-electron chi connectivity index (χ1n) is 15.6. The minimum atomic E-state index is -0.643. The summed E-state index contributed by atoms with van der Waals surface area (Å²) in [6, 6.07) is 16.3. The molecular formula is C35H33N7O6. The highest BCUT2D eigenvalue weighted by molar-refractivity contribution is 6.05. The number of hydrogen-bond donors (Lipinski definition) is 2. The number of ether oxygens (including phenoxy) is 3. The Labute approximate surface area is 275 Å². The number of piperidine rings is 1. The number of carbonyl (C=O) groups excluding carboxylic acids is 3. The Morgan fingerprint density at radius 2 is 1.81 bits per heavy atom. The van der Waals surface area contributed by atoms with Gasteiger partial charge in [-0.05, 0) is 66.6 Å². The van der Waals surface area contributed by atoms with E-state index in [9.17, 15) is 14.4 Å². The van der Waals surface area contributed by atoms with E-state index in [1.807, 2.05) is 65.5 Å². The number of methoxy groups -OCH3 is 1. The fourth-order valence-electron chi connectivity index (χ4n) is 5.85. The van der Waals surface area contributed by atoms with Crippen molar-refractivity contribution in [2.24, 2.45) is 0 Å². The van der Waals surface area contributed by atoms with Crippen LogP contribution in [0.25, 0.3) is 28.2 Å². The summed E-state index contributed by atoms with van der Waals surface area (Å²) in [6.07, 6.45) is 7.95. The second-order valence-corrected chi connectivity index (χ2v) is 11.4. The number of imidazole rings is 1. The van der Waals surface area contributed by atoms with Gasteiger partial charge in [0.25, 0.3) is 5.91 Å². The molecule has 4 aromatic heterocycles. The Morgan fingerprint density at radius 3 is 2.65 bits per heavy atom. The van der Waals surface area contributed by atoms with Crippen molar-refractivity contribution < 1.29 is 28.6 Å². The predicted molar refractivity (Wildman–Crippen MR) is 175 cm³/mol. The van der Waals surface area contributed by atoms with Gasteiger partial charge >= 0.3 is 0 Å². The van der Waals surface area contributed by atoms with E-state index >= 15 is 0 Å². The Hall–Kier alpha value is -5.82. The zero-order valence-corrected chi connectivity index (χ0v) is 26.2. The van der Waals surface area contributed by atoms with Gasteiger partial charge in [0.05, 0.1) is 37.9 Å². The second kappa shape index (κ2) is 13.5. The third-order valence-corrected chi connectivity index (χ3v) is 8.32. The molecule has 3 amide bonds. The van der Waals surface area contributed by atoms with Gasteiger partial charge in [-0.2, -0.15) is 0 Å². The van der Waals surface area contributed by atoms with Crippen molar-refractivity contribution >= 4 is 29.2 Å². The molecule has 0 saturated carbocycles. The molecule has 6 heterocycles. The fourth-order valence-corrected chi connectivity index (χ4v) is 5.85. The molecule has 0 radical (unpaired) electrons. The van der Waals surface area contributed by atoms with Crippen LogP contribution in [0.4, 0.5) is 5.82 Å². The molecule has 0 aliphatic carbocycles. The van der Waals surface area contributed by atoms with Crippen molar-refractivity contribution in [3.05, 3.63) is 90.5 Å². The number of amides is 3. The molecule has 0 bridgehead atoms. The van der Waals surface area contributed by atoms with Crippen molar-refractivity contribution in [2.75, 3.05) is 38.8 Å². The van der Waals surface area contributed by atoms with Crippen LogP contribution in [0, 0.1) is 0 Å². The molecule has 244 valence electrons. The fraction of sp³-hybridized carbons (Fsp3) is 0.257. The number of rotatable bonds is 12. The minimum absolute atomic E-state index is 0.211. The van der Waals surface area contributed by atoms with Gasteiger partial charge in [0, 0.05) is 54.8 Å². The van der Waals surface area contributed by atoms with E-state index < -0.39 is 11.9 Å². The van der Waals surface area contributed by atoms with Gasteiger partial charge in [0.2, 0.25) is 11.8 Å². The maximum Gasteiger partial charge on any atom is 0.255 e.